The molecule has 0 aliphatic heterocycles. The molecule has 0 atom stereocenters. The molecule has 0 fully saturated rings. The van der Waals surface area contributed by atoms with Crippen LogP contribution >= 0.6 is 0 Å². The van der Waals surface area contributed by atoms with Gasteiger partial charge in [-0.3, -0.25) is 9.89 Å². The summed E-state index contributed by atoms with van der Waals surface area (Å²) in [6, 6.07) is 5.28. The largest absolute Gasteiger partial charge is 0.399 e. The van der Waals surface area contributed by atoms with Crippen LogP contribution in [0.4, 0.5) is 5.69 Å². The van der Waals surface area contributed by atoms with E-state index in [1.165, 1.54) is 0 Å². The maximum absolute atomic E-state index is 11.8. The summed E-state index contributed by atoms with van der Waals surface area (Å²) < 4.78 is 4.85. The lowest BCUT2D eigenvalue weighted by Crippen LogP contribution is -2.27. The fourth-order valence-electron chi connectivity index (χ4n) is 1.56. The van der Waals surface area contributed by atoms with Crippen LogP contribution in [-0.4, -0.2) is 36.4 Å². The van der Waals surface area contributed by atoms with E-state index in [1.54, 1.807) is 25.3 Å². The molecule has 0 aliphatic carbocycles. The molecule has 0 radical (unpaired) electrons. The van der Waals surface area contributed by atoms with Gasteiger partial charge < -0.3 is 15.8 Å². The molecule has 1 aromatic carbocycles. The third kappa shape index (κ3) is 2.36. The van der Waals surface area contributed by atoms with Gasteiger partial charge in [0.05, 0.1) is 12.1 Å². The van der Waals surface area contributed by atoms with E-state index in [2.05, 4.69) is 15.5 Å². The van der Waals surface area contributed by atoms with Crippen molar-refractivity contribution in [2.75, 3.05) is 26.0 Å². The summed E-state index contributed by atoms with van der Waals surface area (Å²) in [6.45, 7) is 0.919. The number of nitrogens with two attached hydrogens (primary N) is 1. The lowest BCUT2D eigenvalue weighted by molar-refractivity contribution is 0.0933. The number of carbonyl (C=O) groups is 1. The van der Waals surface area contributed by atoms with Gasteiger partial charge in [0, 0.05) is 24.7 Å². The molecule has 0 saturated carbocycles. The number of aromatic amines is 1. The quantitative estimate of drug-likeness (QED) is 0.531. The Balaban J connectivity index is 2.23. The summed E-state index contributed by atoms with van der Waals surface area (Å²) in [5, 5.41) is 10.2. The van der Waals surface area contributed by atoms with E-state index in [9.17, 15) is 4.79 Å². The molecule has 1 heterocycles. The number of nitrogens with zero attached hydrogens (tertiary/aromatic N) is 1. The summed E-state index contributed by atoms with van der Waals surface area (Å²) in [5.41, 5.74) is 7.42. The third-order valence-electron chi connectivity index (χ3n) is 2.39. The lowest BCUT2D eigenvalue weighted by Gasteiger charge is -2.02. The Bertz CT molecular complexity index is 535. The number of H-pyrrole nitrogens is 1. The van der Waals surface area contributed by atoms with Crippen LogP contribution in [0.2, 0.25) is 0 Å². The van der Waals surface area contributed by atoms with Crippen molar-refractivity contribution in [3.63, 3.8) is 0 Å². The number of nitrogens with one attached hydrogen (secondary N) is 2. The zero-order valence-corrected chi connectivity index (χ0v) is 9.49. The Morgan fingerprint density at radius 1 is 1.59 bits per heavy atom. The lowest BCUT2D eigenvalue weighted by atomic mass is 10.2. The molecule has 2 rings (SSSR count). The predicted octanol–water partition coefficient (Wildman–Crippen LogP) is 0.521. The van der Waals surface area contributed by atoms with E-state index < -0.39 is 0 Å². The van der Waals surface area contributed by atoms with Gasteiger partial charge in [0.25, 0.3) is 5.91 Å². The van der Waals surface area contributed by atoms with Crippen molar-refractivity contribution in [3.8, 4) is 0 Å². The number of rotatable bonds is 4. The van der Waals surface area contributed by atoms with Crippen LogP contribution in [0.3, 0.4) is 0 Å². The van der Waals surface area contributed by atoms with Crippen LogP contribution in [0.15, 0.2) is 18.2 Å². The van der Waals surface area contributed by atoms with Gasteiger partial charge in [-0.25, -0.2) is 0 Å². The van der Waals surface area contributed by atoms with Crippen molar-refractivity contribution in [2.24, 2.45) is 0 Å². The minimum absolute atomic E-state index is 0.237. The smallest absolute Gasteiger partial charge is 0.272 e. The molecule has 6 heteroatoms. The first-order valence-electron chi connectivity index (χ1n) is 5.23. The minimum atomic E-state index is -0.237. The Hall–Kier alpha value is -2.08. The number of carbonyl (C=O) groups excluding carboxylic acids is 1. The van der Waals surface area contributed by atoms with Crippen LogP contribution in [0.1, 0.15) is 10.5 Å². The molecule has 4 N–H and O–H groups in total. The molecular formula is C11H14N4O2. The fourth-order valence-corrected chi connectivity index (χ4v) is 1.56. The molecule has 1 aromatic heterocycles. The maximum atomic E-state index is 11.8. The number of amides is 1. The van der Waals surface area contributed by atoms with Gasteiger partial charge in [-0.1, -0.05) is 0 Å². The van der Waals surface area contributed by atoms with Gasteiger partial charge in [0.1, 0.15) is 0 Å². The molecule has 0 saturated heterocycles. The number of hydrogen-bond donors (Lipinski definition) is 3. The second-order valence-electron chi connectivity index (χ2n) is 3.63. The summed E-state index contributed by atoms with van der Waals surface area (Å²) in [5.74, 6) is -0.237. The molecule has 1 amide bonds. The number of benzene rings is 1. The molecule has 0 unspecified atom stereocenters. The predicted molar refractivity (Wildman–Crippen MR) is 64.7 cm³/mol. The van der Waals surface area contributed by atoms with Crippen LogP contribution in [0.5, 0.6) is 0 Å². The molecule has 6 nitrogen and oxygen atoms in total. The zero-order chi connectivity index (χ0) is 12.3. The number of anilines is 1. The minimum Gasteiger partial charge on any atom is -0.399 e. The number of nitrogen functional groups attached to an aromatic ring is 1. The summed E-state index contributed by atoms with van der Waals surface area (Å²) in [7, 11) is 1.58. The van der Waals surface area contributed by atoms with Gasteiger partial charge in [0.15, 0.2) is 5.69 Å². The molecule has 17 heavy (non-hydrogen) atoms. The first kappa shape index (κ1) is 11.4. The second-order valence-corrected chi connectivity index (χ2v) is 3.63. The highest BCUT2D eigenvalue weighted by molar-refractivity contribution is 6.05. The molecular weight excluding hydrogens is 220 g/mol. The van der Waals surface area contributed by atoms with Crippen LogP contribution < -0.4 is 11.1 Å². The van der Waals surface area contributed by atoms with Gasteiger partial charge in [-0.15, -0.1) is 0 Å². The zero-order valence-electron chi connectivity index (χ0n) is 9.49. The Morgan fingerprint density at radius 3 is 3.18 bits per heavy atom. The monoisotopic (exact) mass is 234 g/mol. The number of hydrogen-bond acceptors (Lipinski definition) is 4. The molecule has 0 spiro atoms. The van der Waals surface area contributed by atoms with Crippen molar-refractivity contribution in [2.45, 2.75) is 0 Å². The van der Waals surface area contributed by atoms with Crippen LogP contribution in [-0.2, 0) is 4.74 Å². The number of aromatic nitrogens is 2. The van der Waals surface area contributed by atoms with Gasteiger partial charge in [-0.2, -0.15) is 5.10 Å². The Labute approximate surface area is 98.1 Å². The summed E-state index contributed by atoms with van der Waals surface area (Å²) in [6.07, 6.45) is 0. The van der Waals surface area contributed by atoms with Gasteiger partial charge in [0.2, 0.25) is 0 Å². The van der Waals surface area contributed by atoms with Crippen molar-refractivity contribution in [1.82, 2.24) is 15.5 Å². The molecule has 0 aliphatic rings. The van der Waals surface area contributed by atoms with Crippen molar-refractivity contribution < 1.29 is 9.53 Å². The molecule has 2 aromatic rings. The van der Waals surface area contributed by atoms with Crippen molar-refractivity contribution >= 4 is 22.5 Å². The van der Waals surface area contributed by atoms with Crippen LogP contribution in [0, 0.1) is 0 Å². The third-order valence-corrected chi connectivity index (χ3v) is 2.39. The Morgan fingerprint density at radius 2 is 2.41 bits per heavy atom. The van der Waals surface area contributed by atoms with E-state index >= 15 is 0 Å². The van der Waals surface area contributed by atoms with Crippen molar-refractivity contribution in [3.05, 3.63) is 23.9 Å². The van der Waals surface area contributed by atoms with Gasteiger partial charge >= 0.3 is 0 Å². The van der Waals surface area contributed by atoms with E-state index in [1.807, 2.05) is 0 Å². The summed E-state index contributed by atoms with van der Waals surface area (Å²) in [4.78, 5) is 11.8. The van der Waals surface area contributed by atoms with Crippen molar-refractivity contribution in [1.29, 1.82) is 0 Å². The molecule has 0 bridgehead atoms. The van der Waals surface area contributed by atoms with E-state index in [0.29, 0.717) is 24.5 Å². The topological polar surface area (TPSA) is 93.0 Å². The van der Waals surface area contributed by atoms with E-state index in [4.69, 9.17) is 10.5 Å². The fraction of sp³-hybridized carbons (Fsp3) is 0.273. The summed E-state index contributed by atoms with van der Waals surface area (Å²) >= 11 is 0. The van der Waals surface area contributed by atoms with Crippen LogP contribution in [0.25, 0.3) is 10.9 Å². The average Bonchev–Trinajstić information content (AvgIpc) is 2.72. The SMILES string of the molecule is COCCNC(=O)c1n[nH]c2ccc(N)cc12. The molecule has 90 valence electrons. The van der Waals surface area contributed by atoms with E-state index in [0.717, 1.165) is 10.9 Å². The highest BCUT2D eigenvalue weighted by atomic mass is 16.5. The standard InChI is InChI=1S/C11H14N4O2/c1-17-5-4-13-11(16)10-8-6-7(12)2-3-9(8)14-15-10/h2-3,6H,4-5,12H2,1H3,(H,13,16)(H,14,15). The maximum Gasteiger partial charge on any atom is 0.272 e. The number of fused-ring (bicyclic) bond motifs is 1. The highest BCUT2D eigenvalue weighted by Gasteiger charge is 2.13. The first-order valence-corrected chi connectivity index (χ1v) is 5.23. The highest BCUT2D eigenvalue weighted by Crippen LogP contribution is 2.18. The normalized spacial score (nSPS) is 10.6. The number of methoxy groups -OCH3 is 1. The first-order chi connectivity index (χ1) is 8.22. The second kappa shape index (κ2) is 4.84. The Kier molecular flexibility index (Phi) is 3.24. The average molecular weight is 234 g/mol. The van der Waals surface area contributed by atoms with E-state index in [-0.39, 0.29) is 5.91 Å². The number of ether oxygens (including phenoxy) is 1. The van der Waals surface area contributed by atoms with Gasteiger partial charge in [-0.05, 0) is 18.2 Å².